The van der Waals surface area contributed by atoms with E-state index in [1.165, 1.54) is 30.0 Å². The van der Waals surface area contributed by atoms with E-state index in [0.717, 1.165) is 0 Å². The Labute approximate surface area is 194 Å². The van der Waals surface area contributed by atoms with Gasteiger partial charge in [-0.2, -0.15) is 0 Å². The van der Waals surface area contributed by atoms with Crippen LogP contribution in [0.25, 0.3) is 0 Å². The second-order valence-corrected chi connectivity index (χ2v) is 8.08. The predicted molar refractivity (Wildman–Crippen MR) is 123 cm³/mol. The van der Waals surface area contributed by atoms with Gasteiger partial charge < -0.3 is 15.2 Å². The number of allylic oxidation sites excluding steroid dienone is 1. The minimum Gasteiger partial charge on any atom is -0.342 e. The van der Waals surface area contributed by atoms with Gasteiger partial charge >= 0.3 is 0 Å². The topological polar surface area (TPSA) is 88.9 Å². The second kappa shape index (κ2) is 10.9. The average Bonchev–Trinajstić information content (AvgIpc) is 3.17. The lowest BCUT2D eigenvalue weighted by Gasteiger charge is -2.15. The minimum absolute atomic E-state index is 0.0556. The highest BCUT2D eigenvalue weighted by atomic mass is 35.5. The molecule has 1 aromatic heterocycles. The molecular formula is C22H21ClFN5O2S. The van der Waals surface area contributed by atoms with Crippen molar-refractivity contribution in [1.29, 1.82) is 0 Å². The van der Waals surface area contributed by atoms with Gasteiger partial charge in [-0.25, -0.2) is 4.39 Å². The fourth-order valence-corrected chi connectivity index (χ4v) is 3.83. The molecule has 2 N–H and O–H groups in total. The Balaban J connectivity index is 1.68. The maximum absolute atomic E-state index is 13.9. The van der Waals surface area contributed by atoms with Crippen molar-refractivity contribution in [2.45, 2.75) is 24.7 Å². The molecule has 2 aromatic carbocycles. The van der Waals surface area contributed by atoms with Crippen LogP contribution in [0.15, 0.2) is 66.3 Å². The summed E-state index contributed by atoms with van der Waals surface area (Å²) < 4.78 is 15.6. The van der Waals surface area contributed by atoms with Crippen molar-refractivity contribution in [3.63, 3.8) is 0 Å². The summed E-state index contributed by atoms with van der Waals surface area (Å²) in [7, 11) is 0. The van der Waals surface area contributed by atoms with Gasteiger partial charge in [-0.3, -0.25) is 9.59 Å². The molecule has 3 aromatic rings. The zero-order chi connectivity index (χ0) is 23.1. The van der Waals surface area contributed by atoms with Gasteiger partial charge in [-0.05, 0) is 31.2 Å². The van der Waals surface area contributed by atoms with Crippen LogP contribution in [0.1, 0.15) is 29.1 Å². The van der Waals surface area contributed by atoms with Crippen molar-refractivity contribution < 1.29 is 14.0 Å². The van der Waals surface area contributed by atoms with E-state index >= 15 is 0 Å². The van der Waals surface area contributed by atoms with Crippen LogP contribution in [0.3, 0.4) is 0 Å². The van der Waals surface area contributed by atoms with Gasteiger partial charge in [0, 0.05) is 6.54 Å². The molecule has 0 unspecified atom stereocenters. The average molecular weight is 474 g/mol. The Kier molecular flexibility index (Phi) is 8.02. The van der Waals surface area contributed by atoms with Gasteiger partial charge in [-0.15, -0.1) is 16.8 Å². The molecule has 0 saturated heterocycles. The molecule has 2 amide bonds. The predicted octanol–water partition coefficient (Wildman–Crippen LogP) is 4.48. The van der Waals surface area contributed by atoms with E-state index in [1.54, 1.807) is 47.9 Å². The van der Waals surface area contributed by atoms with Crippen LogP contribution in [0, 0.1) is 5.82 Å². The lowest BCUT2D eigenvalue weighted by Crippen LogP contribution is -2.29. The number of amides is 2. The summed E-state index contributed by atoms with van der Waals surface area (Å²) >= 11 is 7.26. The third-order valence-electron chi connectivity index (χ3n) is 4.39. The molecule has 7 nitrogen and oxygen atoms in total. The molecule has 0 radical (unpaired) electrons. The molecule has 0 saturated carbocycles. The van der Waals surface area contributed by atoms with E-state index in [0.29, 0.717) is 28.2 Å². The number of hydrogen-bond acceptors (Lipinski definition) is 5. The maximum atomic E-state index is 13.9. The van der Waals surface area contributed by atoms with Gasteiger partial charge in [0.25, 0.3) is 5.91 Å². The number of carbonyl (C=O) groups is 2. The van der Waals surface area contributed by atoms with E-state index in [9.17, 15) is 14.0 Å². The van der Waals surface area contributed by atoms with Crippen LogP contribution < -0.4 is 10.6 Å². The van der Waals surface area contributed by atoms with Crippen LogP contribution >= 0.6 is 23.4 Å². The number of hydrogen-bond donors (Lipinski definition) is 2. The first-order valence-corrected chi connectivity index (χ1v) is 11.0. The number of thioether (sulfide) groups is 1. The van der Waals surface area contributed by atoms with Crippen molar-refractivity contribution in [3.05, 3.63) is 83.4 Å². The van der Waals surface area contributed by atoms with Gasteiger partial charge in [0.15, 0.2) is 11.0 Å². The molecule has 1 heterocycles. The number of halogens is 2. The number of para-hydroxylation sites is 1. The summed E-state index contributed by atoms with van der Waals surface area (Å²) in [5.41, 5.74) is 0.470. The molecule has 0 aliphatic carbocycles. The van der Waals surface area contributed by atoms with Gasteiger partial charge in [-0.1, -0.05) is 53.7 Å². The number of aromatic nitrogens is 3. The van der Waals surface area contributed by atoms with E-state index in [4.69, 9.17) is 11.6 Å². The molecule has 166 valence electrons. The quantitative estimate of drug-likeness (QED) is 0.353. The fraction of sp³-hybridized carbons (Fsp3) is 0.182. The third kappa shape index (κ3) is 5.74. The molecule has 0 aliphatic rings. The smallest absolute Gasteiger partial charge is 0.254 e. The number of rotatable bonds is 9. The Morgan fingerprint density at radius 1 is 1.22 bits per heavy atom. The molecular weight excluding hydrogens is 453 g/mol. The highest BCUT2D eigenvalue weighted by molar-refractivity contribution is 7.99. The SMILES string of the molecule is C=CCn1c(SCC(=O)Nc2ccccc2Cl)nnc1[C@H](C)NC(=O)c1ccccc1F. The van der Waals surface area contributed by atoms with Crippen LogP contribution in [0.4, 0.5) is 10.1 Å². The summed E-state index contributed by atoms with van der Waals surface area (Å²) in [5.74, 6) is -0.874. The zero-order valence-corrected chi connectivity index (χ0v) is 18.8. The van der Waals surface area contributed by atoms with Gasteiger partial charge in [0.05, 0.1) is 28.1 Å². The molecule has 32 heavy (non-hydrogen) atoms. The van der Waals surface area contributed by atoms with Gasteiger partial charge in [0.1, 0.15) is 5.82 Å². The molecule has 0 bridgehead atoms. The van der Waals surface area contributed by atoms with Gasteiger partial charge in [0.2, 0.25) is 5.91 Å². The Morgan fingerprint density at radius 3 is 2.66 bits per heavy atom. The van der Waals surface area contributed by atoms with E-state index in [-0.39, 0.29) is 17.2 Å². The van der Waals surface area contributed by atoms with Crippen LogP contribution in [-0.2, 0) is 11.3 Å². The number of nitrogens with zero attached hydrogens (tertiary/aromatic N) is 3. The monoisotopic (exact) mass is 473 g/mol. The lowest BCUT2D eigenvalue weighted by molar-refractivity contribution is -0.113. The zero-order valence-electron chi connectivity index (χ0n) is 17.2. The first kappa shape index (κ1) is 23.5. The highest BCUT2D eigenvalue weighted by Crippen LogP contribution is 2.23. The molecule has 0 aliphatic heterocycles. The van der Waals surface area contributed by atoms with Crippen molar-refractivity contribution >= 4 is 40.9 Å². The Bertz CT molecular complexity index is 1140. The molecule has 3 rings (SSSR count). The maximum Gasteiger partial charge on any atom is 0.254 e. The number of nitrogens with one attached hydrogen (secondary N) is 2. The van der Waals surface area contributed by atoms with Crippen LogP contribution in [0.5, 0.6) is 0 Å². The largest absolute Gasteiger partial charge is 0.342 e. The normalized spacial score (nSPS) is 11.6. The first-order valence-electron chi connectivity index (χ1n) is 9.67. The third-order valence-corrected chi connectivity index (χ3v) is 5.69. The highest BCUT2D eigenvalue weighted by Gasteiger charge is 2.21. The molecule has 0 spiro atoms. The van der Waals surface area contributed by atoms with Crippen molar-refractivity contribution in [3.8, 4) is 0 Å². The van der Waals surface area contributed by atoms with E-state index in [2.05, 4.69) is 27.4 Å². The standard InChI is InChI=1S/C22H21ClFN5O2S/c1-3-12-29-20(14(2)25-21(31)15-8-4-6-10-17(15)24)27-28-22(29)32-13-19(30)26-18-11-7-5-9-16(18)23/h3-11,14H,1,12-13H2,2H3,(H,25,31)(H,26,30)/t14-/m0/s1. The minimum atomic E-state index is -0.606. The Morgan fingerprint density at radius 2 is 1.94 bits per heavy atom. The second-order valence-electron chi connectivity index (χ2n) is 6.73. The van der Waals surface area contributed by atoms with Crippen molar-refractivity contribution in [1.82, 2.24) is 20.1 Å². The molecule has 10 heteroatoms. The van der Waals surface area contributed by atoms with E-state index < -0.39 is 17.8 Å². The summed E-state index contributed by atoms with van der Waals surface area (Å²) in [5, 5.41) is 14.7. The number of anilines is 1. The summed E-state index contributed by atoms with van der Waals surface area (Å²) in [6, 6.07) is 12.1. The summed E-state index contributed by atoms with van der Waals surface area (Å²) in [4.78, 5) is 24.8. The van der Waals surface area contributed by atoms with E-state index in [1.807, 2.05) is 0 Å². The lowest BCUT2D eigenvalue weighted by atomic mass is 10.2. The van der Waals surface area contributed by atoms with Crippen LogP contribution in [0.2, 0.25) is 5.02 Å². The number of carbonyl (C=O) groups excluding carboxylic acids is 2. The number of benzene rings is 2. The Hall–Kier alpha value is -3.17. The van der Waals surface area contributed by atoms with Crippen molar-refractivity contribution in [2.24, 2.45) is 0 Å². The first-order chi connectivity index (χ1) is 15.4. The summed E-state index contributed by atoms with van der Waals surface area (Å²) in [6.45, 7) is 5.84. The summed E-state index contributed by atoms with van der Waals surface area (Å²) in [6.07, 6.45) is 1.66. The van der Waals surface area contributed by atoms with Crippen LogP contribution in [-0.4, -0.2) is 32.3 Å². The van der Waals surface area contributed by atoms with Crippen molar-refractivity contribution in [2.75, 3.05) is 11.1 Å². The fourth-order valence-electron chi connectivity index (χ4n) is 2.89. The molecule has 1 atom stereocenters. The molecule has 0 fully saturated rings.